The maximum Gasteiger partial charge on any atom is 0.261 e. The number of sulfonamides is 1. The van der Waals surface area contributed by atoms with Gasteiger partial charge in [-0.25, -0.2) is 8.42 Å². The molecule has 0 aromatic heterocycles. The average Bonchev–Trinajstić information content (AvgIpc) is 2.64. The molecule has 2 aromatic carbocycles. The van der Waals surface area contributed by atoms with Crippen LogP contribution in [0.25, 0.3) is 0 Å². The highest BCUT2D eigenvalue weighted by atomic mass is 32.2. The van der Waals surface area contributed by atoms with Crippen LogP contribution in [0.2, 0.25) is 0 Å². The second-order valence-electron chi connectivity index (χ2n) is 6.43. The molecule has 2 aromatic rings. The standard InChI is InChI=1S/C20H27N3O3S/c1-4-11-21-12-13-22-20(24)17-6-9-19(10-7-17)27(25,26)23-18-8-5-15(2)16(3)14-18/h5-10,14,21,23H,4,11-13H2,1-3H3,(H,22,24). The lowest BCUT2D eigenvalue weighted by atomic mass is 10.1. The Kier molecular flexibility index (Phi) is 7.38. The van der Waals surface area contributed by atoms with Gasteiger partial charge in [0.05, 0.1) is 4.90 Å². The molecule has 146 valence electrons. The van der Waals surface area contributed by atoms with E-state index in [1.54, 1.807) is 12.1 Å². The Morgan fingerprint density at radius 1 is 0.926 bits per heavy atom. The topological polar surface area (TPSA) is 87.3 Å². The highest BCUT2D eigenvalue weighted by Gasteiger charge is 2.15. The smallest absolute Gasteiger partial charge is 0.261 e. The number of carbonyl (C=O) groups is 1. The molecule has 3 N–H and O–H groups in total. The Balaban J connectivity index is 2.00. The zero-order valence-corrected chi connectivity index (χ0v) is 16.8. The largest absolute Gasteiger partial charge is 0.351 e. The molecule has 0 radical (unpaired) electrons. The summed E-state index contributed by atoms with van der Waals surface area (Å²) < 4.78 is 27.6. The molecular formula is C20H27N3O3S. The predicted octanol–water partition coefficient (Wildman–Crippen LogP) is 2.83. The number of amides is 1. The monoisotopic (exact) mass is 389 g/mol. The van der Waals surface area contributed by atoms with Gasteiger partial charge in [0, 0.05) is 24.3 Å². The Hall–Kier alpha value is -2.38. The maximum atomic E-state index is 12.5. The van der Waals surface area contributed by atoms with Gasteiger partial charge in [0.15, 0.2) is 0 Å². The minimum absolute atomic E-state index is 0.113. The molecule has 0 atom stereocenters. The summed E-state index contributed by atoms with van der Waals surface area (Å²) in [5.41, 5.74) is 3.05. The van der Waals surface area contributed by atoms with Crippen molar-refractivity contribution in [3.8, 4) is 0 Å². The SMILES string of the molecule is CCCNCCNC(=O)c1ccc(S(=O)(=O)Nc2ccc(C)c(C)c2)cc1. The van der Waals surface area contributed by atoms with Crippen molar-refractivity contribution in [1.82, 2.24) is 10.6 Å². The Bertz CT molecular complexity index is 878. The van der Waals surface area contributed by atoms with Gasteiger partial charge in [-0.1, -0.05) is 13.0 Å². The molecule has 6 nitrogen and oxygen atoms in total. The van der Waals surface area contributed by atoms with Crippen molar-refractivity contribution in [3.63, 3.8) is 0 Å². The van der Waals surface area contributed by atoms with Crippen LogP contribution < -0.4 is 15.4 Å². The number of carbonyl (C=O) groups excluding carboxylic acids is 1. The Labute approximate surface area is 161 Å². The van der Waals surface area contributed by atoms with Gasteiger partial charge in [0.2, 0.25) is 0 Å². The Morgan fingerprint density at radius 2 is 1.63 bits per heavy atom. The number of hydrogen-bond acceptors (Lipinski definition) is 4. The van der Waals surface area contributed by atoms with Crippen LogP contribution in [0, 0.1) is 13.8 Å². The summed E-state index contributed by atoms with van der Waals surface area (Å²) >= 11 is 0. The van der Waals surface area contributed by atoms with E-state index < -0.39 is 10.0 Å². The summed E-state index contributed by atoms with van der Waals surface area (Å²) in [6.45, 7) is 8.11. The van der Waals surface area contributed by atoms with E-state index in [0.717, 1.165) is 24.1 Å². The lowest BCUT2D eigenvalue weighted by Crippen LogP contribution is -2.32. The molecule has 2 rings (SSSR count). The van der Waals surface area contributed by atoms with Gasteiger partial charge in [-0.05, 0) is 74.3 Å². The van der Waals surface area contributed by atoms with Crippen molar-refractivity contribution in [2.75, 3.05) is 24.4 Å². The van der Waals surface area contributed by atoms with E-state index in [-0.39, 0.29) is 10.8 Å². The normalized spacial score (nSPS) is 11.2. The quantitative estimate of drug-likeness (QED) is 0.576. The van der Waals surface area contributed by atoms with Crippen molar-refractivity contribution in [2.24, 2.45) is 0 Å². The third kappa shape index (κ3) is 6.08. The van der Waals surface area contributed by atoms with Gasteiger partial charge in [-0.2, -0.15) is 0 Å². The number of rotatable bonds is 9. The van der Waals surface area contributed by atoms with Crippen molar-refractivity contribution in [2.45, 2.75) is 32.1 Å². The molecule has 0 unspecified atom stereocenters. The number of nitrogens with one attached hydrogen (secondary N) is 3. The van der Waals surface area contributed by atoms with Crippen molar-refractivity contribution in [1.29, 1.82) is 0 Å². The fraction of sp³-hybridized carbons (Fsp3) is 0.350. The van der Waals surface area contributed by atoms with Crippen LogP contribution in [0.5, 0.6) is 0 Å². The summed E-state index contributed by atoms with van der Waals surface area (Å²) in [7, 11) is -3.70. The first-order chi connectivity index (χ1) is 12.8. The van der Waals surface area contributed by atoms with Crippen LogP contribution in [-0.2, 0) is 10.0 Å². The zero-order valence-electron chi connectivity index (χ0n) is 16.0. The molecule has 1 amide bonds. The summed E-state index contributed by atoms with van der Waals surface area (Å²) in [6.07, 6.45) is 1.04. The predicted molar refractivity (Wildman–Crippen MR) is 109 cm³/mol. The fourth-order valence-corrected chi connectivity index (χ4v) is 3.52. The van der Waals surface area contributed by atoms with E-state index >= 15 is 0 Å². The van der Waals surface area contributed by atoms with Gasteiger partial charge in [-0.15, -0.1) is 0 Å². The first-order valence-corrected chi connectivity index (χ1v) is 10.5. The second-order valence-corrected chi connectivity index (χ2v) is 8.12. The lowest BCUT2D eigenvalue weighted by molar-refractivity contribution is 0.0954. The van der Waals surface area contributed by atoms with E-state index in [1.165, 1.54) is 24.3 Å². The molecule has 0 aliphatic heterocycles. The molecule has 7 heteroatoms. The third-order valence-corrected chi connectivity index (χ3v) is 5.60. The fourth-order valence-electron chi connectivity index (χ4n) is 2.47. The van der Waals surface area contributed by atoms with Gasteiger partial charge in [-0.3, -0.25) is 9.52 Å². The highest BCUT2D eigenvalue weighted by molar-refractivity contribution is 7.92. The summed E-state index contributed by atoms with van der Waals surface area (Å²) in [4.78, 5) is 12.2. The number of anilines is 1. The molecular weight excluding hydrogens is 362 g/mol. The Morgan fingerprint density at radius 3 is 2.26 bits per heavy atom. The average molecular weight is 390 g/mol. The molecule has 0 saturated carbocycles. The van der Waals surface area contributed by atoms with Crippen LogP contribution >= 0.6 is 0 Å². The summed E-state index contributed by atoms with van der Waals surface area (Å²) in [5, 5.41) is 6.00. The van der Waals surface area contributed by atoms with Crippen LogP contribution in [0.15, 0.2) is 47.4 Å². The molecule has 0 saturated heterocycles. The second kappa shape index (κ2) is 9.53. The molecule has 0 bridgehead atoms. The van der Waals surface area contributed by atoms with Crippen molar-refractivity contribution in [3.05, 3.63) is 59.2 Å². The molecule has 0 aliphatic carbocycles. The summed E-state index contributed by atoms with van der Waals surface area (Å²) in [5.74, 6) is -0.223. The number of hydrogen-bond donors (Lipinski definition) is 3. The third-order valence-electron chi connectivity index (χ3n) is 4.20. The highest BCUT2D eigenvalue weighted by Crippen LogP contribution is 2.19. The van der Waals surface area contributed by atoms with E-state index in [2.05, 4.69) is 22.3 Å². The minimum Gasteiger partial charge on any atom is -0.351 e. The van der Waals surface area contributed by atoms with Crippen molar-refractivity contribution < 1.29 is 13.2 Å². The van der Waals surface area contributed by atoms with Crippen molar-refractivity contribution >= 4 is 21.6 Å². The van der Waals surface area contributed by atoms with Crippen LogP contribution in [0.3, 0.4) is 0 Å². The minimum atomic E-state index is -3.70. The maximum absolute atomic E-state index is 12.5. The first-order valence-electron chi connectivity index (χ1n) is 9.02. The zero-order chi connectivity index (χ0) is 19.9. The number of aryl methyl sites for hydroxylation is 2. The van der Waals surface area contributed by atoms with E-state index in [9.17, 15) is 13.2 Å². The molecule has 0 aliphatic rings. The molecule has 0 spiro atoms. The van der Waals surface area contributed by atoms with E-state index in [4.69, 9.17) is 0 Å². The summed E-state index contributed by atoms with van der Waals surface area (Å²) in [6, 6.07) is 11.3. The van der Waals surface area contributed by atoms with Gasteiger partial charge in [0.25, 0.3) is 15.9 Å². The number of benzene rings is 2. The van der Waals surface area contributed by atoms with Crippen LogP contribution in [0.4, 0.5) is 5.69 Å². The van der Waals surface area contributed by atoms with Gasteiger partial charge >= 0.3 is 0 Å². The van der Waals surface area contributed by atoms with Crippen LogP contribution in [-0.4, -0.2) is 34.0 Å². The molecule has 27 heavy (non-hydrogen) atoms. The van der Waals surface area contributed by atoms with Crippen LogP contribution in [0.1, 0.15) is 34.8 Å². The van der Waals surface area contributed by atoms with Gasteiger partial charge in [0.1, 0.15) is 0 Å². The molecule has 0 heterocycles. The van der Waals surface area contributed by atoms with E-state index in [1.807, 2.05) is 19.9 Å². The molecule has 0 fully saturated rings. The first kappa shape index (κ1) is 20.9. The lowest BCUT2D eigenvalue weighted by Gasteiger charge is -2.11. The van der Waals surface area contributed by atoms with Gasteiger partial charge < -0.3 is 10.6 Å². The van der Waals surface area contributed by atoms with E-state index in [0.29, 0.717) is 24.3 Å².